The smallest absolute Gasteiger partial charge is 0.185 e. The zero-order valence-corrected chi connectivity index (χ0v) is 10.9. The van der Waals surface area contributed by atoms with Crippen molar-refractivity contribution in [2.45, 2.75) is 51.0 Å². The summed E-state index contributed by atoms with van der Waals surface area (Å²) in [6.07, 6.45) is 3.60. The first-order valence-electron chi connectivity index (χ1n) is 6.39. The van der Waals surface area contributed by atoms with Crippen LogP contribution in [-0.2, 0) is 18.9 Å². The molecule has 3 atom stereocenters. The van der Waals surface area contributed by atoms with E-state index in [1.807, 2.05) is 0 Å². The maximum absolute atomic E-state index is 6.00. The normalized spacial score (nSPS) is 29.5. The number of unbranched alkanes of at least 4 members (excludes halogenated alkanes) is 2. The van der Waals surface area contributed by atoms with Crippen LogP contribution in [0.3, 0.4) is 0 Å². The van der Waals surface area contributed by atoms with Crippen LogP contribution in [0.25, 0.3) is 0 Å². The van der Waals surface area contributed by atoms with Crippen molar-refractivity contribution in [2.24, 2.45) is 5.73 Å². The Hall–Kier alpha value is -0.200. The fourth-order valence-electron chi connectivity index (χ4n) is 1.82. The van der Waals surface area contributed by atoms with Crippen LogP contribution in [0.15, 0.2) is 0 Å². The molecule has 1 fully saturated rings. The van der Waals surface area contributed by atoms with E-state index in [-0.39, 0.29) is 25.2 Å². The summed E-state index contributed by atoms with van der Waals surface area (Å²) in [7, 11) is 1.59. The highest BCUT2D eigenvalue weighted by Gasteiger charge is 2.33. The highest BCUT2D eigenvalue weighted by molar-refractivity contribution is 4.80. The molecule has 5 heteroatoms. The predicted molar refractivity (Wildman–Crippen MR) is 64.6 cm³/mol. The Bertz CT molecular complexity index is 191. The van der Waals surface area contributed by atoms with Crippen LogP contribution >= 0.6 is 0 Å². The van der Waals surface area contributed by atoms with Gasteiger partial charge < -0.3 is 24.7 Å². The van der Waals surface area contributed by atoms with E-state index in [9.17, 15) is 0 Å². The van der Waals surface area contributed by atoms with E-state index in [2.05, 4.69) is 6.92 Å². The number of hydrogen-bond acceptors (Lipinski definition) is 5. The van der Waals surface area contributed by atoms with E-state index < -0.39 is 0 Å². The van der Waals surface area contributed by atoms with Gasteiger partial charge in [-0.15, -0.1) is 0 Å². The summed E-state index contributed by atoms with van der Waals surface area (Å²) in [6.45, 7) is 3.71. The minimum atomic E-state index is -0.356. The molecule has 1 aliphatic rings. The third kappa shape index (κ3) is 5.31. The molecule has 2 N–H and O–H groups in total. The van der Waals surface area contributed by atoms with Gasteiger partial charge in [-0.05, 0) is 12.8 Å². The standard InChI is InChI=1S/C12H25NO4/c1-3-4-5-7-15-12-11(17-9-14-2)10(13)6-8-16-12/h10-12H,3-9,13H2,1-2H3/t10-,11-,12-/m1/s1. The highest BCUT2D eigenvalue weighted by Crippen LogP contribution is 2.18. The molecule has 0 aromatic rings. The number of hydrogen-bond donors (Lipinski definition) is 1. The van der Waals surface area contributed by atoms with Gasteiger partial charge in [0, 0.05) is 19.8 Å². The first-order valence-corrected chi connectivity index (χ1v) is 6.39. The molecule has 0 spiro atoms. The Kier molecular flexibility index (Phi) is 7.72. The second-order valence-electron chi connectivity index (χ2n) is 4.31. The van der Waals surface area contributed by atoms with Gasteiger partial charge in [0.15, 0.2) is 6.29 Å². The summed E-state index contributed by atoms with van der Waals surface area (Å²) in [5, 5.41) is 0. The average molecular weight is 247 g/mol. The molecule has 0 amide bonds. The van der Waals surface area contributed by atoms with Crippen molar-refractivity contribution in [3.8, 4) is 0 Å². The SMILES string of the molecule is CCCCCO[C@@H]1OCC[C@@H](N)[C@H]1OCOC. The van der Waals surface area contributed by atoms with Gasteiger partial charge >= 0.3 is 0 Å². The van der Waals surface area contributed by atoms with Gasteiger partial charge in [-0.25, -0.2) is 0 Å². The van der Waals surface area contributed by atoms with Crippen molar-refractivity contribution in [3.05, 3.63) is 0 Å². The summed E-state index contributed by atoms with van der Waals surface area (Å²) >= 11 is 0. The maximum Gasteiger partial charge on any atom is 0.185 e. The molecule has 0 aromatic carbocycles. The quantitative estimate of drug-likeness (QED) is 0.517. The Morgan fingerprint density at radius 2 is 2.12 bits per heavy atom. The van der Waals surface area contributed by atoms with Crippen LogP contribution in [0.1, 0.15) is 32.6 Å². The summed E-state index contributed by atoms with van der Waals surface area (Å²) in [5.74, 6) is 0. The Morgan fingerprint density at radius 1 is 1.29 bits per heavy atom. The van der Waals surface area contributed by atoms with Crippen LogP contribution < -0.4 is 5.73 Å². The zero-order valence-electron chi connectivity index (χ0n) is 10.9. The molecule has 17 heavy (non-hydrogen) atoms. The molecule has 0 saturated carbocycles. The van der Waals surface area contributed by atoms with Crippen LogP contribution in [-0.4, -0.2) is 45.6 Å². The summed E-state index contributed by atoms with van der Waals surface area (Å²) in [6, 6.07) is -0.0462. The van der Waals surface area contributed by atoms with Crippen molar-refractivity contribution in [3.63, 3.8) is 0 Å². The van der Waals surface area contributed by atoms with E-state index in [0.717, 1.165) is 12.8 Å². The highest BCUT2D eigenvalue weighted by atomic mass is 16.7. The number of methoxy groups -OCH3 is 1. The number of rotatable bonds is 8. The molecular formula is C12H25NO4. The number of nitrogens with two attached hydrogens (primary N) is 1. The minimum Gasteiger partial charge on any atom is -0.359 e. The van der Waals surface area contributed by atoms with E-state index in [4.69, 9.17) is 24.7 Å². The third-order valence-corrected chi connectivity index (χ3v) is 2.83. The van der Waals surface area contributed by atoms with Crippen molar-refractivity contribution in [1.82, 2.24) is 0 Å². The lowest BCUT2D eigenvalue weighted by Gasteiger charge is -2.35. The molecule has 0 aromatic heterocycles. The molecule has 102 valence electrons. The molecule has 1 heterocycles. The van der Waals surface area contributed by atoms with Crippen molar-refractivity contribution in [1.29, 1.82) is 0 Å². The Balaban J connectivity index is 2.31. The molecule has 5 nitrogen and oxygen atoms in total. The van der Waals surface area contributed by atoms with Crippen LogP contribution in [0.4, 0.5) is 0 Å². The monoisotopic (exact) mass is 247 g/mol. The fourth-order valence-corrected chi connectivity index (χ4v) is 1.82. The van der Waals surface area contributed by atoms with Crippen LogP contribution in [0.2, 0.25) is 0 Å². The van der Waals surface area contributed by atoms with Gasteiger partial charge in [0.05, 0.1) is 6.61 Å². The van der Waals surface area contributed by atoms with Crippen molar-refractivity contribution in [2.75, 3.05) is 27.1 Å². The summed E-state index contributed by atoms with van der Waals surface area (Å²) in [5.41, 5.74) is 6.00. The van der Waals surface area contributed by atoms with Gasteiger partial charge in [-0.1, -0.05) is 19.8 Å². The molecule has 0 radical (unpaired) electrons. The summed E-state index contributed by atoms with van der Waals surface area (Å²) in [4.78, 5) is 0. The molecule has 0 bridgehead atoms. The van der Waals surface area contributed by atoms with Crippen LogP contribution in [0.5, 0.6) is 0 Å². The second kappa shape index (κ2) is 8.83. The van der Waals surface area contributed by atoms with Crippen LogP contribution in [0, 0.1) is 0 Å². The molecule has 1 aliphatic heterocycles. The molecule has 1 rings (SSSR count). The minimum absolute atomic E-state index is 0.0462. The Labute approximate surface area is 104 Å². The van der Waals surface area contributed by atoms with Gasteiger partial charge in [-0.2, -0.15) is 0 Å². The largest absolute Gasteiger partial charge is 0.359 e. The average Bonchev–Trinajstić information content (AvgIpc) is 2.34. The van der Waals surface area contributed by atoms with Crippen molar-refractivity contribution >= 4 is 0 Å². The first-order chi connectivity index (χ1) is 8.29. The van der Waals surface area contributed by atoms with Crippen molar-refractivity contribution < 1.29 is 18.9 Å². The number of ether oxygens (including phenoxy) is 4. The summed E-state index contributed by atoms with van der Waals surface area (Å²) < 4.78 is 21.6. The lowest BCUT2D eigenvalue weighted by Crippen LogP contribution is -2.52. The van der Waals surface area contributed by atoms with E-state index in [1.54, 1.807) is 7.11 Å². The van der Waals surface area contributed by atoms with E-state index >= 15 is 0 Å². The predicted octanol–water partition coefficient (Wildman–Crippen LogP) is 1.26. The topological polar surface area (TPSA) is 62.9 Å². The van der Waals surface area contributed by atoms with Gasteiger partial charge in [0.1, 0.15) is 12.9 Å². The molecule has 0 unspecified atom stereocenters. The van der Waals surface area contributed by atoms with Gasteiger partial charge in [0.2, 0.25) is 0 Å². The second-order valence-corrected chi connectivity index (χ2v) is 4.31. The molecule has 0 aliphatic carbocycles. The van der Waals surface area contributed by atoms with Gasteiger partial charge in [0.25, 0.3) is 0 Å². The molecule has 1 saturated heterocycles. The zero-order chi connectivity index (χ0) is 12.5. The Morgan fingerprint density at radius 3 is 2.82 bits per heavy atom. The first kappa shape index (κ1) is 14.9. The fraction of sp³-hybridized carbons (Fsp3) is 1.00. The lowest BCUT2D eigenvalue weighted by molar-refractivity contribution is -0.248. The van der Waals surface area contributed by atoms with E-state index in [0.29, 0.717) is 13.2 Å². The maximum atomic E-state index is 6.00. The van der Waals surface area contributed by atoms with Gasteiger partial charge in [-0.3, -0.25) is 0 Å². The molecular weight excluding hydrogens is 222 g/mol. The lowest BCUT2D eigenvalue weighted by atomic mass is 10.1. The van der Waals surface area contributed by atoms with E-state index in [1.165, 1.54) is 12.8 Å². The third-order valence-electron chi connectivity index (χ3n) is 2.83.